The number of anilines is 1. The summed E-state index contributed by atoms with van der Waals surface area (Å²) in [6.07, 6.45) is 3.96. The summed E-state index contributed by atoms with van der Waals surface area (Å²) in [6, 6.07) is 7.51. The molecule has 6 rings (SSSR count). The van der Waals surface area contributed by atoms with Gasteiger partial charge in [-0.05, 0) is 61.9 Å². The Morgan fingerprint density at radius 1 is 0.979 bits per heavy atom. The number of likely N-dealkylation sites (tertiary alicyclic amines) is 1. The third-order valence-corrected chi connectivity index (χ3v) is 10.8. The number of carbonyl (C=O) groups is 2. The number of nitrogens with one attached hydrogen (secondary N) is 3. The molecule has 0 unspecified atom stereocenters. The van der Waals surface area contributed by atoms with Crippen molar-refractivity contribution in [1.29, 1.82) is 0 Å². The highest BCUT2D eigenvalue weighted by atomic mass is 35.5. The normalized spacial score (nSPS) is 23.2. The lowest BCUT2D eigenvalue weighted by Gasteiger charge is -2.38. The molecule has 0 bridgehead atoms. The Kier molecular flexibility index (Phi) is 12.2. The third-order valence-electron chi connectivity index (χ3n) is 10.5. The molecule has 0 saturated carbocycles. The van der Waals surface area contributed by atoms with E-state index in [9.17, 15) is 14.7 Å². The van der Waals surface area contributed by atoms with Gasteiger partial charge in [0, 0.05) is 89.1 Å². The van der Waals surface area contributed by atoms with Crippen LogP contribution in [-0.4, -0.2) is 140 Å². The summed E-state index contributed by atoms with van der Waals surface area (Å²) >= 11 is 6.18. The van der Waals surface area contributed by atoms with Crippen LogP contribution >= 0.6 is 11.6 Å². The molecule has 12 nitrogen and oxygen atoms in total. The zero-order valence-electron chi connectivity index (χ0n) is 28.2. The Morgan fingerprint density at radius 3 is 2.44 bits per heavy atom. The lowest BCUT2D eigenvalue weighted by Crippen LogP contribution is -2.51. The molecule has 3 atom stereocenters. The first-order valence-electron chi connectivity index (χ1n) is 17.8. The molecule has 2 amide bonds. The zero-order chi connectivity index (χ0) is 33.5. The smallest absolute Gasteiger partial charge is 0.234 e. The second-order valence-corrected chi connectivity index (χ2v) is 14.3. The number of halogens is 1. The van der Waals surface area contributed by atoms with Crippen LogP contribution in [0.25, 0.3) is 0 Å². The topological polar surface area (TPSA) is 129 Å². The third kappa shape index (κ3) is 8.83. The van der Waals surface area contributed by atoms with E-state index in [0.29, 0.717) is 63.8 Å². The number of amides is 2. The van der Waals surface area contributed by atoms with Gasteiger partial charge in [-0.1, -0.05) is 30.7 Å². The molecule has 2 aromatic rings. The van der Waals surface area contributed by atoms with Crippen LogP contribution in [0.15, 0.2) is 30.6 Å². The fourth-order valence-corrected chi connectivity index (χ4v) is 7.86. The van der Waals surface area contributed by atoms with Crippen LogP contribution in [0, 0.1) is 5.92 Å². The number of benzene rings is 1. The van der Waals surface area contributed by atoms with E-state index >= 15 is 0 Å². The predicted molar refractivity (Wildman–Crippen MR) is 187 cm³/mol. The average molecular weight is 682 g/mol. The minimum Gasteiger partial charge on any atom is -0.387 e. The lowest BCUT2D eigenvalue weighted by molar-refractivity contribution is -0.133. The Hall–Kier alpha value is -2.87. The highest BCUT2D eigenvalue weighted by Gasteiger charge is 2.35. The number of piperidine rings is 1. The monoisotopic (exact) mass is 681 g/mol. The summed E-state index contributed by atoms with van der Waals surface area (Å²) in [7, 11) is 0. The fourth-order valence-electron chi connectivity index (χ4n) is 7.74. The van der Waals surface area contributed by atoms with E-state index in [1.54, 1.807) is 0 Å². The van der Waals surface area contributed by atoms with Gasteiger partial charge in [-0.2, -0.15) is 0 Å². The van der Waals surface area contributed by atoms with Gasteiger partial charge < -0.3 is 35.8 Å². The number of hydrogen-bond donors (Lipinski definition) is 4. The Morgan fingerprint density at radius 2 is 1.71 bits per heavy atom. The second kappa shape index (κ2) is 16.7. The number of fused-ring (bicyclic) bond motifs is 1. The van der Waals surface area contributed by atoms with Crippen molar-refractivity contribution < 1.29 is 14.7 Å². The van der Waals surface area contributed by atoms with Crippen molar-refractivity contribution in [2.45, 2.75) is 44.1 Å². The van der Waals surface area contributed by atoms with E-state index in [1.807, 2.05) is 29.2 Å². The van der Waals surface area contributed by atoms with Gasteiger partial charge in [-0.3, -0.25) is 14.5 Å². The van der Waals surface area contributed by atoms with Crippen molar-refractivity contribution in [3.63, 3.8) is 0 Å². The minimum absolute atomic E-state index is 0.0544. The Bertz CT molecular complexity index is 1360. The molecule has 3 aliphatic heterocycles. The fraction of sp³-hybridized carbons (Fsp3) is 0.657. The van der Waals surface area contributed by atoms with Gasteiger partial charge in [0.2, 0.25) is 11.8 Å². The average Bonchev–Trinajstić information content (AvgIpc) is 3.41. The van der Waals surface area contributed by atoms with Crippen LogP contribution in [0.3, 0.4) is 0 Å². The summed E-state index contributed by atoms with van der Waals surface area (Å²) in [5.74, 6) is 1.56. The molecule has 13 heteroatoms. The SMILES string of the molecule is C[C@@H]1C[C@@H](O)c2ncnc(N3CCN(C(=O)[C@H](CNCCNC(=O)CN4CCC(CN5CCNCC5)CC4)c4ccc(Cl)cc4)CC3)c21. The highest BCUT2D eigenvalue weighted by Crippen LogP contribution is 2.42. The van der Waals surface area contributed by atoms with Gasteiger partial charge >= 0.3 is 0 Å². The summed E-state index contributed by atoms with van der Waals surface area (Å²) in [4.78, 5) is 44.6. The number of rotatable bonds is 12. The van der Waals surface area contributed by atoms with Crippen molar-refractivity contribution in [2.75, 3.05) is 103 Å². The molecule has 4 N–H and O–H groups in total. The van der Waals surface area contributed by atoms with Crippen LogP contribution < -0.4 is 20.9 Å². The van der Waals surface area contributed by atoms with E-state index in [2.05, 4.69) is 47.5 Å². The van der Waals surface area contributed by atoms with Crippen molar-refractivity contribution >= 4 is 29.2 Å². The van der Waals surface area contributed by atoms with Crippen LogP contribution in [0.4, 0.5) is 5.82 Å². The van der Waals surface area contributed by atoms with Crippen LogP contribution in [0.5, 0.6) is 0 Å². The largest absolute Gasteiger partial charge is 0.387 e. The van der Waals surface area contributed by atoms with Crippen molar-refractivity contribution in [1.82, 2.24) is 40.6 Å². The van der Waals surface area contributed by atoms with Crippen molar-refractivity contribution in [2.24, 2.45) is 5.92 Å². The van der Waals surface area contributed by atoms with E-state index in [0.717, 1.165) is 80.7 Å². The molecule has 1 aromatic heterocycles. The maximum Gasteiger partial charge on any atom is 0.234 e. The van der Waals surface area contributed by atoms with Gasteiger partial charge in [-0.25, -0.2) is 9.97 Å². The zero-order valence-corrected chi connectivity index (χ0v) is 29.0. The first kappa shape index (κ1) is 35.0. The minimum atomic E-state index is -0.546. The maximum absolute atomic E-state index is 13.9. The molecular formula is C35H52ClN9O3. The number of nitrogens with zero attached hydrogens (tertiary/aromatic N) is 6. The van der Waals surface area contributed by atoms with Crippen LogP contribution in [0.2, 0.25) is 5.02 Å². The summed E-state index contributed by atoms with van der Waals surface area (Å²) in [5, 5.41) is 21.0. The van der Waals surface area contributed by atoms with Gasteiger partial charge in [0.15, 0.2) is 0 Å². The maximum atomic E-state index is 13.9. The van der Waals surface area contributed by atoms with Gasteiger partial charge in [0.05, 0.1) is 24.3 Å². The van der Waals surface area contributed by atoms with E-state index in [-0.39, 0.29) is 23.7 Å². The standard InChI is InChI=1S/C35H52ClN9O3/c1-25-20-30(46)33-32(25)34(41-24-40-33)44-16-18-45(19-17-44)35(48)29(27-2-4-28(36)5-3-27)21-38-8-9-39-31(47)23-42-12-6-26(7-13-42)22-43-14-10-37-11-15-43/h2-5,24-26,29-30,37-38,46H,6-23H2,1H3,(H,39,47)/t25-,29-,30-/m1/s1. The first-order chi connectivity index (χ1) is 23.4. The van der Waals surface area contributed by atoms with E-state index < -0.39 is 6.10 Å². The number of aliphatic hydroxyl groups excluding tert-OH is 1. The number of piperazine rings is 2. The molecule has 3 fully saturated rings. The highest BCUT2D eigenvalue weighted by molar-refractivity contribution is 6.30. The second-order valence-electron chi connectivity index (χ2n) is 13.9. The van der Waals surface area contributed by atoms with E-state index in [1.165, 1.54) is 12.9 Å². The molecule has 1 aliphatic carbocycles. The molecule has 4 aliphatic rings. The molecule has 48 heavy (non-hydrogen) atoms. The molecule has 3 saturated heterocycles. The molecule has 1 aromatic carbocycles. The molecule has 4 heterocycles. The van der Waals surface area contributed by atoms with Crippen molar-refractivity contribution in [3.8, 4) is 0 Å². The van der Waals surface area contributed by atoms with Crippen LogP contribution in [0.1, 0.15) is 60.9 Å². The summed E-state index contributed by atoms with van der Waals surface area (Å²) < 4.78 is 0. The quantitative estimate of drug-likeness (QED) is 0.244. The number of aromatic nitrogens is 2. The first-order valence-corrected chi connectivity index (χ1v) is 18.2. The van der Waals surface area contributed by atoms with Crippen LogP contribution in [-0.2, 0) is 9.59 Å². The molecule has 0 radical (unpaired) electrons. The van der Waals surface area contributed by atoms with Crippen molar-refractivity contribution in [3.05, 3.63) is 52.4 Å². The molecule has 0 spiro atoms. The summed E-state index contributed by atoms with van der Waals surface area (Å²) in [6.45, 7) is 14.2. The lowest BCUT2D eigenvalue weighted by atomic mass is 9.96. The number of aliphatic hydroxyl groups is 1. The predicted octanol–water partition coefficient (Wildman–Crippen LogP) is 1.43. The van der Waals surface area contributed by atoms with Gasteiger partial charge in [0.1, 0.15) is 12.1 Å². The Labute approximate surface area is 289 Å². The number of carbonyl (C=O) groups excluding carboxylic acids is 2. The molecular weight excluding hydrogens is 630 g/mol. The number of hydrogen-bond acceptors (Lipinski definition) is 10. The summed E-state index contributed by atoms with van der Waals surface area (Å²) in [5.41, 5.74) is 2.68. The van der Waals surface area contributed by atoms with Gasteiger partial charge in [-0.15, -0.1) is 0 Å². The Balaban J connectivity index is 0.945. The van der Waals surface area contributed by atoms with Gasteiger partial charge in [0.25, 0.3) is 0 Å². The molecule has 262 valence electrons. The van der Waals surface area contributed by atoms with E-state index in [4.69, 9.17) is 11.6 Å².